The van der Waals surface area contributed by atoms with Crippen LogP contribution in [0.15, 0.2) is 109 Å². The van der Waals surface area contributed by atoms with E-state index in [1.54, 1.807) is 22.7 Å². The molecule has 4 heterocycles. The molecule has 0 saturated carbocycles. The van der Waals surface area contributed by atoms with E-state index in [1.807, 2.05) is 97.1 Å². The van der Waals surface area contributed by atoms with Gasteiger partial charge in [-0.25, -0.2) is 9.97 Å². The van der Waals surface area contributed by atoms with Crippen molar-refractivity contribution in [2.75, 3.05) is 0 Å². The van der Waals surface area contributed by atoms with Crippen molar-refractivity contribution in [1.82, 2.24) is 20.6 Å². The highest BCUT2D eigenvalue weighted by Gasteiger charge is 2.16. The molecule has 4 aromatic heterocycles. The van der Waals surface area contributed by atoms with Crippen LogP contribution in [0.4, 0.5) is 0 Å². The summed E-state index contributed by atoms with van der Waals surface area (Å²) in [5, 5.41) is 7.82. The van der Waals surface area contributed by atoms with Crippen molar-refractivity contribution in [3.63, 3.8) is 0 Å². The van der Waals surface area contributed by atoms with Crippen molar-refractivity contribution in [3.8, 4) is 21.1 Å². The summed E-state index contributed by atoms with van der Waals surface area (Å²) in [6.45, 7) is 4.82. The second-order valence-electron chi connectivity index (χ2n) is 11.2. The van der Waals surface area contributed by atoms with Crippen molar-refractivity contribution in [1.29, 1.82) is 0 Å². The van der Waals surface area contributed by atoms with Crippen molar-refractivity contribution in [3.05, 3.63) is 141 Å². The Morgan fingerprint density at radius 2 is 1.02 bits per heavy atom. The van der Waals surface area contributed by atoms with Crippen LogP contribution < -0.4 is 10.6 Å². The molecule has 0 unspecified atom stereocenters. The van der Waals surface area contributed by atoms with Crippen LogP contribution in [0, 0.1) is 13.8 Å². The predicted molar refractivity (Wildman–Crippen MR) is 188 cm³/mol. The zero-order valence-electron chi connectivity index (χ0n) is 25.3. The van der Waals surface area contributed by atoms with Gasteiger partial charge in [-0.3, -0.25) is 9.59 Å². The van der Waals surface area contributed by atoms with Crippen LogP contribution in [0.25, 0.3) is 42.9 Å². The average molecular weight is 639 g/mol. The molecule has 46 heavy (non-hydrogen) atoms. The van der Waals surface area contributed by atoms with Crippen LogP contribution >= 0.6 is 22.7 Å². The summed E-state index contributed by atoms with van der Waals surface area (Å²) in [7, 11) is 0. The molecule has 0 aliphatic rings. The first-order valence-electron chi connectivity index (χ1n) is 15.0. The van der Waals surface area contributed by atoms with Gasteiger partial charge in [0.25, 0.3) is 11.8 Å². The zero-order chi connectivity index (χ0) is 31.6. The van der Waals surface area contributed by atoms with Gasteiger partial charge < -0.3 is 10.6 Å². The number of fused-ring (bicyclic) bond motifs is 2. The molecule has 0 aliphatic carbocycles. The third kappa shape index (κ3) is 6.18. The highest BCUT2D eigenvalue weighted by molar-refractivity contribution is 7.15. The summed E-state index contributed by atoms with van der Waals surface area (Å²) in [6, 6.07) is 35.3. The number of nitrogens with one attached hydrogen (secondary N) is 2. The first-order valence-corrected chi connectivity index (χ1v) is 16.6. The van der Waals surface area contributed by atoms with E-state index in [0.717, 1.165) is 54.1 Å². The number of amides is 2. The van der Waals surface area contributed by atoms with Gasteiger partial charge in [0.1, 0.15) is 0 Å². The van der Waals surface area contributed by atoms with Gasteiger partial charge >= 0.3 is 0 Å². The van der Waals surface area contributed by atoms with Gasteiger partial charge in [0.2, 0.25) is 0 Å². The van der Waals surface area contributed by atoms with Crippen molar-refractivity contribution >= 4 is 56.3 Å². The van der Waals surface area contributed by atoms with Crippen molar-refractivity contribution in [2.24, 2.45) is 0 Å². The fourth-order valence-electron chi connectivity index (χ4n) is 5.53. The average Bonchev–Trinajstić information content (AvgIpc) is 3.73. The number of para-hydroxylation sites is 2. The molecule has 0 bridgehead atoms. The summed E-state index contributed by atoms with van der Waals surface area (Å²) in [5.74, 6) is -0.318. The lowest BCUT2D eigenvalue weighted by Crippen LogP contribution is -2.24. The Bertz CT molecular complexity index is 2100. The van der Waals surface area contributed by atoms with E-state index < -0.39 is 0 Å². The third-order valence-corrected chi connectivity index (χ3v) is 9.85. The van der Waals surface area contributed by atoms with Crippen LogP contribution in [0.2, 0.25) is 0 Å². The molecule has 6 nitrogen and oxygen atoms in total. The summed E-state index contributed by atoms with van der Waals surface area (Å²) in [6.07, 6.45) is 0. The summed E-state index contributed by atoms with van der Waals surface area (Å²) in [5.41, 5.74) is 6.23. The Labute approximate surface area is 274 Å². The second-order valence-corrected chi connectivity index (χ2v) is 13.7. The normalized spacial score (nSPS) is 11.2. The van der Waals surface area contributed by atoms with E-state index in [0.29, 0.717) is 24.2 Å². The minimum absolute atomic E-state index is 0.159. The number of hydrogen-bond donors (Lipinski definition) is 2. The van der Waals surface area contributed by atoms with Gasteiger partial charge in [-0.15, -0.1) is 22.7 Å². The number of pyridine rings is 2. The SMILES string of the molecule is Cc1ccc(-c2cc(C(=O)NCc3cccc(CNC(=O)c4cc(-c5ccc(C)s5)nc5ccccc45)c3)c3ccccc3n2)s1. The molecule has 0 saturated heterocycles. The lowest BCUT2D eigenvalue weighted by molar-refractivity contribution is 0.0945. The van der Waals surface area contributed by atoms with Crippen molar-refractivity contribution < 1.29 is 9.59 Å². The molecule has 8 heteroatoms. The van der Waals surface area contributed by atoms with Gasteiger partial charge in [-0.2, -0.15) is 0 Å². The maximum atomic E-state index is 13.5. The number of carbonyl (C=O) groups is 2. The number of aromatic nitrogens is 2. The standard InChI is InChI=1S/C38H30N4O2S2/c1-23-14-16-35(45-23)33-19-29(27-10-3-5-12-31(27)41-33)37(43)39-21-25-8-7-9-26(18-25)22-40-38(44)30-20-34(36-17-15-24(2)46-36)42-32-13-6-4-11-28(30)32/h3-20H,21-22H2,1-2H3,(H,39,43)(H,40,44). The van der Waals surface area contributed by atoms with Crippen LogP contribution in [0.1, 0.15) is 41.6 Å². The smallest absolute Gasteiger partial charge is 0.252 e. The molecule has 7 rings (SSSR count). The second kappa shape index (κ2) is 12.7. The van der Waals surface area contributed by atoms with Gasteiger partial charge in [-0.05, 0) is 73.5 Å². The van der Waals surface area contributed by atoms with Crippen molar-refractivity contribution in [2.45, 2.75) is 26.9 Å². The largest absolute Gasteiger partial charge is 0.348 e. The monoisotopic (exact) mass is 638 g/mol. The minimum Gasteiger partial charge on any atom is -0.348 e. The summed E-state index contributed by atoms with van der Waals surface area (Å²) >= 11 is 3.32. The number of carbonyl (C=O) groups excluding carboxylic acids is 2. The van der Waals surface area contributed by atoms with E-state index >= 15 is 0 Å². The molecular formula is C38H30N4O2S2. The Balaban J connectivity index is 1.07. The van der Waals surface area contributed by atoms with Crippen LogP contribution in [-0.4, -0.2) is 21.8 Å². The molecule has 2 N–H and O–H groups in total. The molecule has 2 amide bonds. The van der Waals surface area contributed by atoms with Gasteiger partial charge in [0, 0.05) is 33.6 Å². The maximum absolute atomic E-state index is 13.5. The number of hydrogen-bond acceptors (Lipinski definition) is 6. The van der Waals surface area contributed by atoms with Gasteiger partial charge in [-0.1, -0.05) is 60.7 Å². The van der Waals surface area contributed by atoms with E-state index in [1.165, 1.54) is 9.75 Å². The zero-order valence-corrected chi connectivity index (χ0v) is 27.0. The fourth-order valence-corrected chi connectivity index (χ4v) is 7.18. The highest BCUT2D eigenvalue weighted by atomic mass is 32.1. The molecule has 3 aromatic carbocycles. The quantitative estimate of drug-likeness (QED) is 0.174. The number of aryl methyl sites for hydroxylation is 2. The predicted octanol–water partition coefficient (Wildman–Crippen LogP) is 8.72. The van der Waals surface area contributed by atoms with Crippen LogP contribution in [0.3, 0.4) is 0 Å². The molecular weight excluding hydrogens is 609 g/mol. The fraction of sp³-hybridized carbons (Fsp3) is 0.105. The lowest BCUT2D eigenvalue weighted by atomic mass is 10.1. The number of thiophene rings is 2. The van der Waals surface area contributed by atoms with Crippen LogP contribution in [-0.2, 0) is 13.1 Å². The maximum Gasteiger partial charge on any atom is 0.252 e. The highest BCUT2D eigenvalue weighted by Crippen LogP contribution is 2.31. The molecule has 0 spiro atoms. The Morgan fingerprint density at radius 3 is 1.46 bits per heavy atom. The Kier molecular flexibility index (Phi) is 8.13. The first-order chi connectivity index (χ1) is 22.4. The number of rotatable bonds is 8. The molecule has 0 atom stereocenters. The van der Waals surface area contributed by atoms with E-state index in [-0.39, 0.29) is 11.8 Å². The molecule has 0 aliphatic heterocycles. The first kappa shape index (κ1) is 29.5. The minimum atomic E-state index is -0.159. The molecule has 226 valence electrons. The van der Waals surface area contributed by atoms with E-state index in [4.69, 9.17) is 9.97 Å². The summed E-state index contributed by atoms with van der Waals surface area (Å²) in [4.78, 5) is 41.1. The molecule has 0 fully saturated rings. The molecule has 0 radical (unpaired) electrons. The van der Waals surface area contributed by atoms with E-state index in [2.05, 4.69) is 36.6 Å². The Morgan fingerprint density at radius 1 is 0.565 bits per heavy atom. The topological polar surface area (TPSA) is 84.0 Å². The van der Waals surface area contributed by atoms with Crippen LogP contribution in [0.5, 0.6) is 0 Å². The summed E-state index contributed by atoms with van der Waals surface area (Å²) < 4.78 is 0. The Hall–Kier alpha value is -5.18. The number of benzene rings is 3. The van der Waals surface area contributed by atoms with Gasteiger partial charge in [0.05, 0.1) is 43.3 Å². The van der Waals surface area contributed by atoms with E-state index in [9.17, 15) is 9.59 Å². The van der Waals surface area contributed by atoms with Gasteiger partial charge in [0.15, 0.2) is 0 Å². The lowest BCUT2D eigenvalue weighted by Gasteiger charge is -2.12. The third-order valence-electron chi connectivity index (χ3n) is 7.80. The molecule has 7 aromatic rings. The number of nitrogens with zero attached hydrogens (tertiary/aromatic N) is 2.